The van der Waals surface area contributed by atoms with Crippen LogP contribution >= 0.6 is 0 Å². The number of hydrogen-bond donors (Lipinski definition) is 2. The summed E-state index contributed by atoms with van der Waals surface area (Å²) in [6, 6.07) is 30.2. The van der Waals surface area contributed by atoms with Crippen molar-refractivity contribution in [2.24, 2.45) is 5.73 Å². The Labute approximate surface area is 164 Å². The van der Waals surface area contributed by atoms with Crippen LogP contribution in [0.1, 0.15) is 21.5 Å². The highest BCUT2D eigenvalue weighted by Crippen LogP contribution is 2.21. The number of carbonyl (C=O) groups excluding carboxylic acids is 1. The fraction of sp³-hybridized carbons (Fsp3) is 0.0800. The molecule has 0 aromatic heterocycles. The molecule has 0 heterocycles. The Morgan fingerprint density at radius 2 is 1.54 bits per heavy atom. The molecule has 4 aromatic carbocycles. The van der Waals surface area contributed by atoms with Gasteiger partial charge in [0.15, 0.2) is 0 Å². The molecule has 4 aromatic rings. The third kappa shape index (κ3) is 3.80. The number of nitrogens with two attached hydrogens (primary N) is 1. The van der Waals surface area contributed by atoms with E-state index in [0.29, 0.717) is 18.7 Å². The molecule has 28 heavy (non-hydrogen) atoms. The van der Waals surface area contributed by atoms with Crippen LogP contribution in [0.25, 0.3) is 21.9 Å². The molecule has 0 fully saturated rings. The van der Waals surface area contributed by atoms with Crippen molar-refractivity contribution in [2.75, 3.05) is 0 Å². The molecule has 0 unspecified atom stereocenters. The lowest BCUT2D eigenvalue weighted by atomic mass is 10.0. The molecule has 0 aliphatic carbocycles. The molecule has 0 spiro atoms. The maximum absolute atomic E-state index is 12.6. The summed E-state index contributed by atoms with van der Waals surface area (Å²) in [4.78, 5) is 12.6. The molecule has 3 N–H and O–H groups in total. The number of carbonyl (C=O) groups is 1. The molecule has 0 saturated heterocycles. The first-order valence-electron chi connectivity index (χ1n) is 9.39. The average molecular weight is 366 g/mol. The zero-order chi connectivity index (χ0) is 19.3. The van der Waals surface area contributed by atoms with Gasteiger partial charge in [-0.3, -0.25) is 4.79 Å². The lowest BCUT2D eigenvalue weighted by Crippen LogP contribution is -2.22. The van der Waals surface area contributed by atoms with E-state index < -0.39 is 0 Å². The van der Waals surface area contributed by atoms with E-state index in [-0.39, 0.29) is 5.91 Å². The van der Waals surface area contributed by atoms with Crippen molar-refractivity contribution in [3.05, 3.63) is 108 Å². The number of benzene rings is 4. The first-order valence-corrected chi connectivity index (χ1v) is 9.39. The lowest BCUT2D eigenvalue weighted by molar-refractivity contribution is 0.0951. The van der Waals surface area contributed by atoms with Crippen LogP contribution in [0.5, 0.6) is 0 Å². The molecular formula is C25H22N2O. The summed E-state index contributed by atoms with van der Waals surface area (Å²) in [6.45, 7) is 1.01. The van der Waals surface area contributed by atoms with Crippen molar-refractivity contribution in [1.29, 1.82) is 0 Å². The van der Waals surface area contributed by atoms with Gasteiger partial charge in [-0.1, -0.05) is 72.8 Å². The summed E-state index contributed by atoms with van der Waals surface area (Å²) in [5.74, 6) is -0.0739. The Bertz CT molecular complexity index is 1100. The van der Waals surface area contributed by atoms with E-state index in [0.717, 1.165) is 33.0 Å². The van der Waals surface area contributed by atoms with Gasteiger partial charge in [0, 0.05) is 18.7 Å². The molecule has 1 amide bonds. The first-order chi connectivity index (χ1) is 13.7. The van der Waals surface area contributed by atoms with Crippen molar-refractivity contribution in [2.45, 2.75) is 13.1 Å². The molecule has 0 aliphatic heterocycles. The fourth-order valence-electron chi connectivity index (χ4n) is 3.40. The second kappa shape index (κ2) is 8.07. The summed E-state index contributed by atoms with van der Waals surface area (Å²) in [6.07, 6.45) is 0. The minimum atomic E-state index is -0.0739. The predicted octanol–water partition coefficient (Wildman–Crippen LogP) is 4.90. The molecule has 0 bridgehead atoms. The first kappa shape index (κ1) is 18.0. The Kier molecular flexibility index (Phi) is 5.18. The third-order valence-corrected chi connectivity index (χ3v) is 4.96. The van der Waals surface area contributed by atoms with Gasteiger partial charge in [-0.2, -0.15) is 0 Å². The third-order valence-electron chi connectivity index (χ3n) is 4.96. The van der Waals surface area contributed by atoms with Gasteiger partial charge in [0.25, 0.3) is 5.91 Å². The normalized spacial score (nSPS) is 10.8. The largest absolute Gasteiger partial charge is 0.348 e. The van der Waals surface area contributed by atoms with Crippen LogP contribution in [-0.2, 0) is 13.1 Å². The zero-order valence-electron chi connectivity index (χ0n) is 15.6. The molecular weight excluding hydrogens is 344 g/mol. The molecule has 0 atom stereocenters. The SMILES string of the molecule is NCc1ccc2c(CNC(=O)c3ccc(-c4ccccc4)cc3)cccc2c1. The Balaban J connectivity index is 1.48. The van der Waals surface area contributed by atoms with Gasteiger partial charge in [-0.25, -0.2) is 0 Å². The number of fused-ring (bicyclic) bond motifs is 1. The van der Waals surface area contributed by atoms with Gasteiger partial charge in [0.2, 0.25) is 0 Å². The monoisotopic (exact) mass is 366 g/mol. The van der Waals surface area contributed by atoms with Gasteiger partial charge in [0.1, 0.15) is 0 Å². The number of amides is 1. The van der Waals surface area contributed by atoms with Gasteiger partial charge in [-0.15, -0.1) is 0 Å². The molecule has 0 aliphatic rings. The standard InChI is InChI=1S/C25H22N2O/c26-16-18-9-14-24-22(15-18)7-4-8-23(24)17-27-25(28)21-12-10-20(11-13-21)19-5-2-1-3-6-19/h1-15H,16-17,26H2,(H,27,28). The zero-order valence-corrected chi connectivity index (χ0v) is 15.6. The maximum atomic E-state index is 12.6. The van der Waals surface area contributed by atoms with E-state index in [4.69, 9.17) is 5.73 Å². The van der Waals surface area contributed by atoms with Crippen molar-refractivity contribution < 1.29 is 4.79 Å². The Hall–Kier alpha value is -3.43. The smallest absolute Gasteiger partial charge is 0.251 e. The van der Waals surface area contributed by atoms with E-state index in [9.17, 15) is 4.79 Å². The highest BCUT2D eigenvalue weighted by atomic mass is 16.1. The molecule has 138 valence electrons. The second-order valence-corrected chi connectivity index (χ2v) is 6.80. The van der Waals surface area contributed by atoms with E-state index in [1.807, 2.05) is 60.7 Å². The van der Waals surface area contributed by atoms with E-state index >= 15 is 0 Å². The van der Waals surface area contributed by atoms with E-state index in [1.165, 1.54) is 0 Å². The summed E-state index contributed by atoms with van der Waals surface area (Å²) < 4.78 is 0. The summed E-state index contributed by atoms with van der Waals surface area (Å²) in [5, 5.41) is 5.31. The summed E-state index contributed by atoms with van der Waals surface area (Å²) in [7, 11) is 0. The minimum absolute atomic E-state index is 0.0739. The van der Waals surface area contributed by atoms with Crippen molar-refractivity contribution in [3.8, 4) is 11.1 Å². The Morgan fingerprint density at radius 1 is 0.786 bits per heavy atom. The molecule has 3 nitrogen and oxygen atoms in total. The van der Waals surface area contributed by atoms with Crippen LogP contribution in [0.3, 0.4) is 0 Å². The van der Waals surface area contributed by atoms with Gasteiger partial charge < -0.3 is 11.1 Å². The number of nitrogens with one attached hydrogen (secondary N) is 1. The van der Waals surface area contributed by atoms with Crippen LogP contribution in [-0.4, -0.2) is 5.91 Å². The van der Waals surface area contributed by atoms with Crippen LogP contribution in [0.15, 0.2) is 91.0 Å². The summed E-state index contributed by atoms with van der Waals surface area (Å²) >= 11 is 0. The van der Waals surface area contributed by atoms with Crippen LogP contribution in [0, 0.1) is 0 Å². The van der Waals surface area contributed by atoms with E-state index in [2.05, 4.69) is 35.6 Å². The highest BCUT2D eigenvalue weighted by molar-refractivity contribution is 5.95. The van der Waals surface area contributed by atoms with Crippen molar-refractivity contribution in [3.63, 3.8) is 0 Å². The van der Waals surface area contributed by atoms with Crippen LogP contribution < -0.4 is 11.1 Å². The number of hydrogen-bond acceptors (Lipinski definition) is 2. The van der Waals surface area contributed by atoms with Gasteiger partial charge in [-0.05, 0) is 51.2 Å². The fourth-order valence-corrected chi connectivity index (χ4v) is 3.40. The molecule has 4 rings (SSSR count). The minimum Gasteiger partial charge on any atom is -0.348 e. The lowest BCUT2D eigenvalue weighted by Gasteiger charge is -2.10. The van der Waals surface area contributed by atoms with Crippen LogP contribution in [0.4, 0.5) is 0 Å². The molecule has 0 saturated carbocycles. The maximum Gasteiger partial charge on any atom is 0.251 e. The average Bonchev–Trinajstić information content (AvgIpc) is 2.77. The number of rotatable bonds is 5. The topological polar surface area (TPSA) is 55.1 Å². The van der Waals surface area contributed by atoms with Crippen molar-refractivity contribution >= 4 is 16.7 Å². The second-order valence-electron chi connectivity index (χ2n) is 6.80. The van der Waals surface area contributed by atoms with Gasteiger partial charge >= 0.3 is 0 Å². The Morgan fingerprint density at radius 3 is 2.29 bits per heavy atom. The van der Waals surface area contributed by atoms with Crippen molar-refractivity contribution in [1.82, 2.24) is 5.32 Å². The van der Waals surface area contributed by atoms with Gasteiger partial charge in [0.05, 0.1) is 0 Å². The van der Waals surface area contributed by atoms with E-state index in [1.54, 1.807) is 0 Å². The quantitative estimate of drug-likeness (QED) is 0.528. The van der Waals surface area contributed by atoms with Crippen LogP contribution in [0.2, 0.25) is 0 Å². The summed E-state index contributed by atoms with van der Waals surface area (Å²) in [5.41, 5.74) is 10.8. The molecule has 0 radical (unpaired) electrons. The predicted molar refractivity (Wildman–Crippen MR) is 115 cm³/mol. The highest BCUT2D eigenvalue weighted by Gasteiger charge is 2.08. The molecule has 3 heteroatoms.